The predicted octanol–water partition coefficient (Wildman–Crippen LogP) is 1.71. The van der Waals surface area contributed by atoms with Gasteiger partial charge in [-0.3, -0.25) is 0 Å². The number of hydrogen-bond donors (Lipinski definition) is 1. The minimum atomic E-state index is -0.622. The zero-order valence-corrected chi connectivity index (χ0v) is 7.69. The zero-order chi connectivity index (χ0) is 9.14. The molecule has 0 radical (unpaired) electrons. The van der Waals surface area contributed by atoms with Crippen LogP contribution in [0.15, 0.2) is 12.1 Å². The average Bonchev–Trinajstić information content (AvgIpc) is 2.08. The summed E-state index contributed by atoms with van der Waals surface area (Å²) in [7, 11) is 1.39. The van der Waals surface area contributed by atoms with Gasteiger partial charge in [0.1, 0.15) is 17.6 Å². The molecule has 0 heterocycles. The van der Waals surface area contributed by atoms with E-state index in [-0.39, 0.29) is 29.4 Å². The summed E-state index contributed by atoms with van der Waals surface area (Å²) < 4.78 is 17.6. The fraction of sp³-hybridized carbons (Fsp3) is 0.125. The van der Waals surface area contributed by atoms with Crippen molar-refractivity contribution in [3.63, 3.8) is 0 Å². The molecule has 0 amide bonds. The third-order valence-corrected chi connectivity index (χ3v) is 1.44. The second kappa shape index (κ2) is 4.53. The Morgan fingerprint density at radius 1 is 1.54 bits per heavy atom. The number of ether oxygens (including phenoxy) is 1. The highest BCUT2D eigenvalue weighted by Crippen LogP contribution is 2.24. The molecule has 0 spiro atoms. The lowest BCUT2D eigenvalue weighted by Crippen LogP contribution is -1.95. The number of benzene rings is 1. The standard InChI is InChI=1S/C8H7FN2O.ClH/c1-12-8-3-6(9)5(4-10)2-7(8)11;/h2-3H,11H2,1H3;1H. The van der Waals surface area contributed by atoms with E-state index in [9.17, 15) is 4.39 Å². The minimum Gasteiger partial charge on any atom is -0.494 e. The molecule has 13 heavy (non-hydrogen) atoms. The number of nitrogens with zero attached hydrogens (tertiary/aromatic N) is 1. The van der Waals surface area contributed by atoms with Crippen LogP contribution in [0.3, 0.4) is 0 Å². The number of nitrogen functional groups attached to an aromatic ring is 1. The van der Waals surface area contributed by atoms with Gasteiger partial charge in [-0.25, -0.2) is 4.39 Å². The van der Waals surface area contributed by atoms with Crippen LogP contribution in [0.5, 0.6) is 5.75 Å². The van der Waals surface area contributed by atoms with E-state index in [1.807, 2.05) is 0 Å². The molecule has 0 atom stereocenters. The second-order valence-electron chi connectivity index (χ2n) is 2.19. The van der Waals surface area contributed by atoms with Crippen molar-refractivity contribution in [2.24, 2.45) is 0 Å². The molecule has 0 bridgehead atoms. The highest BCUT2D eigenvalue weighted by Gasteiger charge is 2.06. The number of methoxy groups -OCH3 is 1. The number of anilines is 1. The summed E-state index contributed by atoms with van der Waals surface area (Å²) in [4.78, 5) is 0. The summed E-state index contributed by atoms with van der Waals surface area (Å²) >= 11 is 0. The first-order valence-corrected chi connectivity index (χ1v) is 3.22. The van der Waals surface area contributed by atoms with E-state index in [1.54, 1.807) is 6.07 Å². The zero-order valence-electron chi connectivity index (χ0n) is 6.87. The predicted molar refractivity (Wildman–Crippen MR) is 49.3 cm³/mol. The van der Waals surface area contributed by atoms with Crippen LogP contribution in [0.25, 0.3) is 0 Å². The summed E-state index contributed by atoms with van der Waals surface area (Å²) in [5.41, 5.74) is 5.62. The molecule has 0 unspecified atom stereocenters. The van der Waals surface area contributed by atoms with Gasteiger partial charge in [-0.2, -0.15) is 5.26 Å². The molecule has 1 aromatic rings. The Labute approximate surface area is 81.3 Å². The maximum absolute atomic E-state index is 12.9. The molecule has 0 aliphatic rings. The lowest BCUT2D eigenvalue weighted by atomic mass is 10.2. The number of rotatable bonds is 1. The van der Waals surface area contributed by atoms with Crippen molar-refractivity contribution in [2.75, 3.05) is 12.8 Å². The van der Waals surface area contributed by atoms with Crippen molar-refractivity contribution in [3.05, 3.63) is 23.5 Å². The van der Waals surface area contributed by atoms with Crippen molar-refractivity contribution in [1.29, 1.82) is 5.26 Å². The first-order chi connectivity index (χ1) is 5.69. The molecule has 3 nitrogen and oxygen atoms in total. The average molecular weight is 203 g/mol. The third-order valence-electron chi connectivity index (χ3n) is 1.44. The Bertz CT molecular complexity index is 348. The van der Waals surface area contributed by atoms with Crippen molar-refractivity contribution < 1.29 is 9.13 Å². The fourth-order valence-corrected chi connectivity index (χ4v) is 0.834. The first kappa shape index (κ1) is 11.5. The lowest BCUT2D eigenvalue weighted by Gasteiger charge is -2.04. The summed E-state index contributed by atoms with van der Waals surface area (Å²) in [5.74, 6) is -0.380. The molecule has 0 fully saturated rings. The lowest BCUT2D eigenvalue weighted by molar-refractivity contribution is 0.413. The van der Waals surface area contributed by atoms with Gasteiger partial charge in [-0.1, -0.05) is 0 Å². The SMILES string of the molecule is COc1cc(F)c(C#N)cc1N.Cl. The summed E-state index contributed by atoms with van der Waals surface area (Å²) in [6.45, 7) is 0. The minimum absolute atomic E-state index is 0. The monoisotopic (exact) mass is 202 g/mol. The van der Waals surface area contributed by atoms with E-state index in [0.29, 0.717) is 0 Å². The molecule has 70 valence electrons. The first-order valence-electron chi connectivity index (χ1n) is 3.22. The van der Waals surface area contributed by atoms with Gasteiger partial charge >= 0.3 is 0 Å². The van der Waals surface area contributed by atoms with Crippen LogP contribution in [0.1, 0.15) is 5.56 Å². The van der Waals surface area contributed by atoms with Gasteiger partial charge < -0.3 is 10.5 Å². The maximum Gasteiger partial charge on any atom is 0.144 e. The van der Waals surface area contributed by atoms with Crippen LogP contribution in [-0.4, -0.2) is 7.11 Å². The van der Waals surface area contributed by atoms with Crippen LogP contribution in [-0.2, 0) is 0 Å². The molecule has 1 rings (SSSR count). The smallest absolute Gasteiger partial charge is 0.144 e. The summed E-state index contributed by atoms with van der Waals surface area (Å²) in [6.07, 6.45) is 0. The molecule has 0 aliphatic carbocycles. The Hall–Kier alpha value is -1.47. The molecule has 0 aromatic heterocycles. The van der Waals surface area contributed by atoms with Crippen LogP contribution < -0.4 is 10.5 Å². The van der Waals surface area contributed by atoms with Gasteiger partial charge in [-0.05, 0) is 6.07 Å². The van der Waals surface area contributed by atoms with Crippen LogP contribution in [0.4, 0.5) is 10.1 Å². The molecule has 0 saturated heterocycles. The molecule has 0 saturated carbocycles. The fourth-order valence-electron chi connectivity index (χ4n) is 0.834. The van der Waals surface area contributed by atoms with Crippen LogP contribution >= 0.6 is 12.4 Å². The Morgan fingerprint density at radius 2 is 2.15 bits per heavy atom. The molecule has 1 aromatic carbocycles. The van der Waals surface area contributed by atoms with Crippen molar-refractivity contribution >= 4 is 18.1 Å². The molecular weight excluding hydrogens is 195 g/mol. The number of halogens is 2. The Morgan fingerprint density at radius 3 is 2.62 bits per heavy atom. The van der Waals surface area contributed by atoms with Gasteiger partial charge in [0.25, 0.3) is 0 Å². The van der Waals surface area contributed by atoms with Crippen LogP contribution in [0, 0.1) is 17.1 Å². The highest BCUT2D eigenvalue weighted by atomic mass is 35.5. The van der Waals surface area contributed by atoms with E-state index >= 15 is 0 Å². The quantitative estimate of drug-likeness (QED) is 0.706. The number of nitrogens with two attached hydrogens (primary N) is 1. The van der Waals surface area contributed by atoms with Gasteiger partial charge in [0.2, 0.25) is 0 Å². The highest BCUT2D eigenvalue weighted by molar-refractivity contribution is 5.85. The summed E-state index contributed by atoms with van der Waals surface area (Å²) in [5, 5.41) is 8.42. The van der Waals surface area contributed by atoms with Crippen molar-refractivity contribution in [2.45, 2.75) is 0 Å². The van der Waals surface area contributed by atoms with E-state index < -0.39 is 5.82 Å². The van der Waals surface area contributed by atoms with E-state index in [1.165, 1.54) is 13.2 Å². The Balaban J connectivity index is 0.00000144. The van der Waals surface area contributed by atoms with E-state index in [0.717, 1.165) is 6.07 Å². The maximum atomic E-state index is 12.9. The van der Waals surface area contributed by atoms with Gasteiger partial charge in [0.15, 0.2) is 0 Å². The van der Waals surface area contributed by atoms with Gasteiger partial charge in [-0.15, -0.1) is 12.4 Å². The van der Waals surface area contributed by atoms with Crippen molar-refractivity contribution in [1.82, 2.24) is 0 Å². The van der Waals surface area contributed by atoms with Gasteiger partial charge in [0.05, 0.1) is 18.4 Å². The molecular formula is C8H8ClFN2O. The van der Waals surface area contributed by atoms with E-state index in [4.69, 9.17) is 15.7 Å². The van der Waals surface area contributed by atoms with Crippen LogP contribution in [0.2, 0.25) is 0 Å². The third kappa shape index (κ3) is 2.23. The largest absolute Gasteiger partial charge is 0.494 e. The normalized spacial score (nSPS) is 8.38. The number of nitriles is 1. The molecule has 5 heteroatoms. The topological polar surface area (TPSA) is 59.0 Å². The Kier molecular flexibility index (Phi) is 4.02. The summed E-state index contributed by atoms with van der Waals surface area (Å²) in [6, 6.07) is 4.01. The van der Waals surface area contributed by atoms with Gasteiger partial charge in [0, 0.05) is 6.07 Å². The number of hydrogen-bond acceptors (Lipinski definition) is 3. The molecule has 0 aliphatic heterocycles. The van der Waals surface area contributed by atoms with E-state index in [2.05, 4.69) is 0 Å². The second-order valence-corrected chi connectivity index (χ2v) is 2.19. The molecule has 2 N–H and O–H groups in total. The van der Waals surface area contributed by atoms with Crippen molar-refractivity contribution in [3.8, 4) is 11.8 Å².